The maximum absolute atomic E-state index is 12.5. The Morgan fingerprint density at radius 2 is 2.00 bits per heavy atom. The van der Waals surface area contributed by atoms with Crippen molar-refractivity contribution in [2.45, 2.75) is 51.5 Å². The van der Waals surface area contributed by atoms with Crippen molar-refractivity contribution >= 4 is 17.3 Å². The first-order valence-electron chi connectivity index (χ1n) is 9.11. The summed E-state index contributed by atoms with van der Waals surface area (Å²) in [6.07, 6.45) is 7.06. The van der Waals surface area contributed by atoms with E-state index in [1.54, 1.807) is 0 Å². The van der Waals surface area contributed by atoms with Crippen LogP contribution in [0.1, 0.15) is 45.4 Å². The number of anilines is 2. The molecule has 2 aliphatic heterocycles. The van der Waals surface area contributed by atoms with Gasteiger partial charge in [0, 0.05) is 36.4 Å². The molecule has 1 amide bonds. The van der Waals surface area contributed by atoms with Gasteiger partial charge >= 0.3 is 0 Å². The molecule has 126 valence electrons. The molecule has 2 fully saturated rings. The van der Waals surface area contributed by atoms with Crippen molar-refractivity contribution in [1.82, 2.24) is 5.32 Å². The van der Waals surface area contributed by atoms with Gasteiger partial charge in [0.25, 0.3) is 0 Å². The Hall–Kier alpha value is -1.55. The molecule has 0 aromatic heterocycles. The molecule has 4 heteroatoms. The van der Waals surface area contributed by atoms with E-state index in [1.807, 2.05) is 6.07 Å². The minimum atomic E-state index is 0.132. The molecule has 1 aromatic rings. The van der Waals surface area contributed by atoms with Crippen molar-refractivity contribution in [2.75, 3.05) is 29.9 Å². The zero-order valence-electron chi connectivity index (χ0n) is 14.2. The minimum absolute atomic E-state index is 0.132. The first-order valence-corrected chi connectivity index (χ1v) is 9.11. The van der Waals surface area contributed by atoms with Gasteiger partial charge in [-0.15, -0.1) is 0 Å². The highest BCUT2D eigenvalue weighted by atomic mass is 16.1. The first-order chi connectivity index (χ1) is 11.2. The van der Waals surface area contributed by atoms with Gasteiger partial charge < -0.3 is 15.5 Å². The van der Waals surface area contributed by atoms with E-state index in [0.717, 1.165) is 38.2 Å². The topological polar surface area (TPSA) is 44.4 Å². The Labute approximate surface area is 139 Å². The molecule has 0 radical (unpaired) electrons. The molecule has 0 bridgehead atoms. The second kappa shape index (κ2) is 7.82. The summed E-state index contributed by atoms with van der Waals surface area (Å²) in [4.78, 5) is 15.0. The Bertz CT molecular complexity index is 523. The van der Waals surface area contributed by atoms with E-state index >= 15 is 0 Å². The van der Waals surface area contributed by atoms with E-state index in [-0.39, 0.29) is 11.8 Å². The lowest BCUT2D eigenvalue weighted by Gasteiger charge is -2.27. The van der Waals surface area contributed by atoms with Crippen LogP contribution in [0.15, 0.2) is 24.3 Å². The molecule has 0 aliphatic carbocycles. The van der Waals surface area contributed by atoms with Crippen LogP contribution >= 0.6 is 0 Å². The van der Waals surface area contributed by atoms with Crippen LogP contribution in [0.5, 0.6) is 0 Å². The zero-order chi connectivity index (χ0) is 16.1. The zero-order valence-corrected chi connectivity index (χ0v) is 14.2. The summed E-state index contributed by atoms with van der Waals surface area (Å²) in [7, 11) is 0. The summed E-state index contributed by atoms with van der Waals surface area (Å²) in [5.74, 6) is 0.305. The molecule has 2 heterocycles. The molecule has 0 spiro atoms. The molecule has 2 aliphatic rings. The van der Waals surface area contributed by atoms with Gasteiger partial charge in [-0.25, -0.2) is 0 Å². The van der Waals surface area contributed by atoms with E-state index in [0.29, 0.717) is 6.04 Å². The van der Waals surface area contributed by atoms with Gasteiger partial charge in [0.1, 0.15) is 0 Å². The van der Waals surface area contributed by atoms with Crippen LogP contribution in [-0.4, -0.2) is 31.6 Å². The summed E-state index contributed by atoms with van der Waals surface area (Å²) in [6.45, 7) is 5.35. The van der Waals surface area contributed by atoms with Crippen LogP contribution in [-0.2, 0) is 4.79 Å². The van der Waals surface area contributed by atoms with Crippen LogP contribution in [0.2, 0.25) is 0 Å². The second-order valence-corrected chi connectivity index (χ2v) is 7.02. The predicted molar refractivity (Wildman–Crippen MR) is 95.9 cm³/mol. The Morgan fingerprint density at radius 1 is 1.22 bits per heavy atom. The van der Waals surface area contributed by atoms with Crippen molar-refractivity contribution in [3.05, 3.63) is 24.3 Å². The molecule has 23 heavy (non-hydrogen) atoms. The van der Waals surface area contributed by atoms with Crippen LogP contribution in [0.25, 0.3) is 0 Å². The second-order valence-electron chi connectivity index (χ2n) is 7.02. The first kappa shape index (κ1) is 16.3. The van der Waals surface area contributed by atoms with Gasteiger partial charge in [-0.3, -0.25) is 4.79 Å². The van der Waals surface area contributed by atoms with Gasteiger partial charge in [-0.05, 0) is 57.4 Å². The molecule has 2 saturated heterocycles. The summed E-state index contributed by atoms with van der Waals surface area (Å²) in [5, 5.41) is 6.54. The van der Waals surface area contributed by atoms with Crippen molar-refractivity contribution in [3.63, 3.8) is 0 Å². The molecule has 0 saturated carbocycles. The fourth-order valence-electron chi connectivity index (χ4n) is 3.72. The number of amides is 1. The van der Waals surface area contributed by atoms with E-state index in [1.165, 1.54) is 31.4 Å². The SMILES string of the molecule is C[C@H]1C[C@@H](C(=O)Nc2cccc(N3CCCCCC3)c2)CCN1. The molecule has 0 unspecified atom stereocenters. The van der Waals surface area contributed by atoms with Gasteiger partial charge in [0.15, 0.2) is 0 Å². The maximum Gasteiger partial charge on any atom is 0.227 e. The predicted octanol–water partition coefficient (Wildman–Crippen LogP) is 3.39. The van der Waals surface area contributed by atoms with E-state index < -0.39 is 0 Å². The van der Waals surface area contributed by atoms with Crippen molar-refractivity contribution < 1.29 is 4.79 Å². The monoisotopic (exact) mass is 315 g/mol. The Morgan fingerprint density at radius 3 is 2.74 bits per heavy atom. The molecule has 1 aromatic carbocycles. The van der Waals surface area contributed by atoms with Crippen LogP contribution in [0, 0.1) is 5.92 Å². The summed E-state index contributed by atoms with van der Waals surface area (Å²) in [6, 6.07) is 8.79. The number of carbonyl (C=O) groups excluding carboxylic acids is 1. The summed E-state index contributed by atoms with van der Waals surface area (Å²) in [5.41, 5.74) is 2.17. The summed E-state index contributed by atoms with van der Waals surface area (Å²) >= 11 is 0. The van der Waals surface area contributed by atoms with Gasteiger partial charge in [-0.1, -0.05) is 18.9 Å². The van der Waals surface area contributed by atoms with Crippen molar-refractivity contribution in [1.29, 1.82) is 0 Å². The van der Waals surface area contributed by atoms with Crippen LogP contribution < -0.4 is 15.5 Å². The number of hydrogen-bond donors (Lipinski definition) is 2. The normalized spacial score (nSPS) is 25.7. The van der Waals surface area contributed by atoms with Gasteiger partial charge in [0.2, 0.25) is 5.91 Å². The number of piperidine rings is 1. The third-order valence-corrected chi connectivity index (χ3v) is 5.08. The fraction of sp³-hybridized carbons (Fsp3) is 0.632. The van der Waals surface area contributed by atoms with Crippen LogP contribution in [0.4, 0.5) is 11.4 Å². The number of benzene rings is 1. The highest BCUT2D eigenvalue weighted by Crippen LogP contribution is 2.24. The lowest BCUT2D eigenvalue weighted by atomic mass is 9.92. The largest absolute Gasteiger partial charge is 0.371 e. The molecule has 2 N–H and O–H groups in total. The average Bonchev–Trinajstić information content (AvgIpc) is 2.84. The lowest BCUT2D eigenvalue weighted by molar-refractivity contribution is -0.120. The molecular weight excluding hydrogens is 286 g/mol. The number of nitrogens with one attached hydrogen (secondary N) is 2. The molecular formula is C19H29N3O. The molecule has 4 nitrogen and oxygen atoms in total. The quantitative estimate of drug-likeness (QED) is 0.898. The third-order valence-electron chi connectivity index (χ3n) is 5.08. The smallest absolute Gasteiger partial charge is 0.227 e. The van der Waals surface area contributed by atoms with E-state index in [9.17, 15) is 4.79 Å². The minimum Gasteiger partial charge on any atom is -0.371 e. The Kier molecular flexibility index (Phi) is 5.55. The van der Waals surface area contributed by atoms with Crippen LogP contribution in [0.3, 0.4) is 0 Å². The third kappa shape index (κ3) is 4.47. The maximum atomic E-state index is 12.5. The standard InChI is InChI=1S/C19H29N3O/c1-15-13-16(9-10-20-15)19(23)21-17-7-6-8-18(14-17)22-11-4-2-3-5-12-22/h6-8,14-16,20H,2-5,9-13H2,1H3,(H,21,23)/t15-,16-/m0/s1. The molecule has 3 rings (SSSR count). The average molecular weight is 315 g/mol. The number of nitrogens with zero attached hydrogens (tertiary/aromatic N) is 1. The summed E-state index contributed by atoms with van der Waals surface area (Å²) < 4.78 is 0. The fourth-order valence-corrected chi connectivity index (χ4v) is 3.72. The van der Waals surface area contributed by atoms with Crippen molar-refractivity contribution in [3.8, 4) is 0 Å². The lowest BCUT2D eigenvalue weighted by Crippen LogP contribution is -2.40. The van der Waals surface area contributed by atoms with E-state index in [2.05, 4.69) is 40.7 Å². The van der Waals surface area contributed by atoms with Gasteiger partial charge in [-0.2, -0.15) is 0 Å². The highest BCUT2D eigenvalue weighted by Gasteiger charge is 2.24. The van der Waals surface area contributed by atoms with Gasteiger partial charge in [0.05, 0.1) is 0 Å². The molecule has 2 atom stereocenters. The Balaban J connectivity index is 1.63. The van der Waals surface area contributed by atoms with E-state index in [4.69, 9.17) is 0 Å². The number of carbonyl (C=O) groups is 1. The number of hydrogen-bond acceptors (Lipinski definition) is 3. The van der Waals surface area contributed by atoms with Crippen molar-refractivity contribution in [2.24, 2.45) is 5.92 Å². The highest BCUT2D eigenvalue weighted by molar-refractivity contribution is 5.93. The number of rotatable bonds is 3.